The Kier molecular flexibility index (Phi) is 7.92. The number of pyridine rings is 2. The van der Waals surface area contributed by atoms with Crippen molar-refractivity contribution in [2.24, 2.45) is 0 Å². The third-order valence-electron chi connectivity index (χ3n) is 6.74. The van der Waals surface area contributed by atoms with Crippen molar-refractivity contribution in [2.75, 3.05) is 6.54 Å². The van der Waals surface area contributed by atoms with Gasteiger partial charge in [0.15, 0.2) is 5.89 Å². The molecule has 3 aromatic heterocycles. The number of fused-ring (bicyclic) bond motifs is 1. The number of benzene rings is 1. The molecule has 1 aliphatic rings. The zero-order valence-corrected chi connectivity index (χ0v) is 21.6. The lowest BCUT2D eigenvalue weighted by molar-refractivity contribution is 0.0951. The molecule has 1 N–H and O–H groups in total. The van der Waals surface area contributed by atoms with Gasteiger partial charge >= 0.3 is 0 Å². The van der Waals surface area contributed by atoms with Gasteiger partial charge in [-0.25, -0.2) is 4.98 Å². The molecule has 7 nitrogen and oxygen atoms in total. The van der Waals surface area contributed by atoms with E-state index in [4.69, 9.17) is 21.0 Å². The fourth-order valence-corrected chi connectivity index (χ4v) is 5.16. The Morgan fingerprint density at radius 1 is 1.14 bits per heavy atom. The number of aromatic nitrogens is 3. The first-order chi connectivity index (χ1) is 18.1. The van der Waals surface area contributed by atoms with E-state index >= 15 is 0 Å². The molecule has 0 saturated heterocycles. The van der Waals surface area contributed by atoms with Gasteiger partial charge in [0.25, 0.3) is 5.91 Å². The van der Waals surface area contributed by atoms with E-state index in [1.807, 2.05) is 31.3 Å². The number of carbonyl (C=O) groups is 1. The highest BCUT2D eigenvalue weighted by molar-refractivity contribution is 6.33. The van der Waals surface area contributed by atoms with E-state index < -0.39 is 0 Å². The Bertz CT molecular complexity index is 1370. The lowest BCUT2D eigenvalue weighted by Gasteiger charge is -2.35. The van der Waals surface area contributed by atoms with Gasteiger partial charge in [0.05, 0.1) is 28.5 Å². The van der Waals surface area contributed by atoms with Gasteiger partial charge < -0.3 is 9.73 Å². The molecule has 1 amide bonds. The summed E-state index contributed by atoms with van der Waals surface area (Å²) in [6.45, 7) is 3.90. The Balaban J connectivity index is 1.32. The van der Waals surface area contributed by atoms with Crippen LogP contribution in [0.4, 0.5) is 0 Å². The monoisotopic (exact) mass is 515 g/mol. The minimum absolute atomic E-state index is 0.217. The fourth-order valence-electron chi connectivity index (χ4n) is 4.95. The molecule has 0 bridgehead atoms. The maximum atomic E-state index is 12.6. The van der Waals surface area contributed by atoms with Crippen molar-refractivity contribution in [3.05, 3.63) is 112 Å². The summed E-state index contributed by atoms with van der Waals surface area (Å²) in [6, 6.07) is 14.4. The maximum Gasteiger partial charge on any atom is 0.253 e. The Morgan fingerprint density at radius 3 is 2.86 bits per heavy atom. The summed E-state index contributed by atoms with van der Waals surface area (Å²) in [7, 11) is 0. The Morgan fingerprint density at radius 2 is 2.03 bits per heavy atom. The van der Waals surface area contributed by atoms with E-state index in [2.05, 4.69) is 38.4 Å². The summed E-state index contributed by atoms with van der Waals surface area (Å²) in [6.07, 6.45) is 10.7. The number of rotatable bonds is 9. The second kappa shape index (κ2) is 11.7. The van der Waals surface area contributed by atoms with E-state index in [9.17, 15) is 4.79 Å². The van der Waals surface area contributed by atoms with Gasteiger partial charge in [0, 0.05) is 44.6 Å². The van der Waals surface area contributed by atoms with Crippen molar-refractivity contribution in [3.8, 4) is 0 Å². The molecule has 1 atom stereocenters. The minimum Gasteiger partial charge on any atom is -0.446 e. The van der Waals surface area contributed by atoms with Gasteiger partial charge in [-0.3, -0.25) is 19.7 Å². The molecule has 0 aliphatic heterocycles. The molecule has 190 valence electrons. The molecule has 1 aromatic carbocycles. The number of nitrogens with one attached hydrogen (secondary N) is 1. The van der Waals surface area contributed by atoms with Crippen LogP contribution in [0.2, 0.25) is 5.02 Å². The lowest BCUT2D eigenvalue weighted by atomic mass is 9.90. The molecule has 8 heteroatoms. The summed E-state index contributed by atoms with van der Waals surface area (Å²) in [4.78, 5) is 28.2. The van der Waals surface area contributed by atoms with Crippen LogP contribution in [-0.4, -0.2) is 32.3 Å². The first kappa shape index (κ1) is 25.1. The van der Waals surface area contributed by atoms with Crippen LogP contribution in [0.15, 0.2) is 71.7 Å². The SMILES string of the molecule is Cc1cnc(CCN(Cc2cccc(CNC(=O)c3ccncc3Cl)c2)C2CCCc3cccnc32)o1. The molecule has 0 fully saturated rings. The molecular formula is C29H30ClN5O2. The zero-order chi connectivity index (χ0) is 25.6. The molecular weight excluding hydrogens is 486 g/mol. The highest BCUT2D eigenvalue weighted by atomic mass is 35.5. The van der Waals surface area contributed by atoms with Crippen molar-refractivity contribution in [1.82, 2.24) is 25.2 Å². The normalized spacial score (nSPS) is 14.9. The topological polar surface area (TPSA) is 84.2 Å². The average Bonchev–Trinajstić information content (AvgIpc) is 3.35. The second-order valence-corrected chi connectivity index (χ2v) is 9.81. The first-order valence-corrected chi connectivity index (χ1v) is 13.0. The molecule has 0 spiro atoms. The van der Waals surface area contributed by atoms with E-state index in [1.54, 1.807) is 18.5 Å². The van der Waals surface area contributed by atoms with Gasteiger partial charge in [-0.2, -0.15) is 0 Å². The highest BCUT2D eigenvalue weighted by Gasteiger charge is 2.27. The number of oxazole rings is 1. The first-order valence-electron chi connectivity index (χ1n) is 12.6. The van der Waals surface area contributed by atoms with Crippen LogP contribution in [-0.2, 0) is 25.9 Å². The summed E-state index contributed by atoms with van der Waals surface area (Å²) in [5.41, 5.74) is 5.14. The van der Waals surface area contributed by atoms with Crippen LogP contribution in [0.25, 0.3) is 0 Å². The standard InChI is InChI=1S/C29H30ClN5O2/c1-20-16-33-27(37-20)11-14-35(26-9-3-7-23-8-4-12-32-28(23)26)19-22-6-2-5-21(15-22)17-34-29(36)24-10-13-31-18-25(24)30/h2,4-6,8,10,12-13,15-16,18,26H,3,7,9,11,14,17,19H2,1H3,(H,34,36). The van der Waals surface area contributed by atoms with Crippen LogP contribution >= 0.6 is 11.6 Å². The van der Waals surface area contributed by atoms with Gasteiger partial charge in [0.2, 0.25) is 0 Å². The average molecular weight is 516 g/mol. The molecule has 0 saturated carbocycles. The minimum atomic E-state index is -0.217. The smallest absolute Gasteiger partial charge is 0.253 e. The highest BCUT2D eigenvalue weighted by Crippen LogP contribution is 2.34. The van der Waals surface area contributed by atoms with Gasteiger partial charge in [-0.05, 0) is 55.0 Å². The maximum absolute atomic E-state index is 12.6. The number of carbonyl (C=O) groups excluding carboxylic acids is 1. The quantitative estimate of drug-likeness (QED) is 0.318. The number of hydrogen-bond donors (Lipinski definition) is 1. The number of aryl methyl sites for hydroxylation is 2. The van der Waals surface area contributed by atoms with E-state index in [0.29, 0.717) is 17.1 Å². The summed E-state index contributed by atoms with van der Waals surface area (Å²) >= 11 is 6.12. The van der Waals surface area contributed by atoms with Crippen LogP contribution < -0.4 is 5.32 Å². The number of amides is 1. The van der Waals surface area contributed by atoms with Crippen LogP contribution in [0.3, 0.4) is 0 Å². The van der Waals surface area contributed by atoms with Crippen LogP contribution in [0.1, 0.15) is 63.3 Å². The largest absolute Gasteiger partial charge is 0.446 e. The van der Waals surface area contributed by atoms with Crippen LogP contribution in [0, 0.1) is 6.92 Å². The molecule has 1 unspecified atom stereocenters. The lowest BCUT2D eigenvalue weighted by Crippen LogP contribution is -2.33. The summed E-state index contributed by atoms with van der Waals surface area (Å²) in [5.74, 6) is 1.37. The van der Waals surface area contributed by atoms with E-state index in [1.165, 1.54) is 23.0 Å². The van der Waals surface area contributed by atoms with Gasteiger partial charge in [-0.15, -0.1) is 0 Å². The number of nitrogens with zero attached hydrogens (tertiary/aromatic N) is 4. The zero-order valence-electron chi connectivity index (χ0n) is 20.9. The van der Waals surface area contributed by atoms with Crippen molar-refractivity contribution in [3.63, 3.8) is 0 Å². The molecule has 4 aromatic rings. The third kappa shape index (κ3) is 6.24. The van der Waals surface area contributed by atoms with Gasteiger partial charge in [-0.1, -0.05) is 41.9 Å². The van der Waals surface area contributed by atoms with E-state index in [-0.39, 0.29) is 11.9 Å². The fraction of sp³-hybridized carbons (Fsp3) is 0.310. The summed E-state index contributed by atoms with van der Waals surface area (Å²) in [5, 5.41) is 3.31. The Labute approximate surface area is 221 Å². The van der Waals surface area contributed by atoms with Crippen molar-refractivity contribution >= 4 is 17.5 Å². The third-order valence-corrected chi connectivity index (χ3v) is 7.04. The van der Waals surface area contributed by atoms with E-state index in [0.717, 1.165) is 56.0 Å². The van der Waals surface area contributed by atoms with Crippen molar-refractivity contribution < 1.29 is 9.21 Å². The number of halogens is 1. The van der Waals surface area contributed by atoms with Gasteiger partial charge in [0.1, 0.15) is 5.76 Å². The molecule has 5 rings (SSSR count). The predicted molar refractivity (Wildman–Crippen MR) is 142 cm³/mol. The van der Waals surface area contributed by atoms with Crippen molar-refractivity contribution in [2.45, 2.75) is 51.7 Å². The summed E-state index contributed by atoms with van der Waals surface area (Å²) < 4.78 is 5.75. The predicted octanol–water partition coefficient (Wildman–Crippen LogP) is 5.48. The molecule has 37 heavy (non-hydrogen) atoms. The second-order valence-electron chi connectivity index (χ2n) is 9.40. The van der Waals surface area contributed by atoms with Crippen LogP contribution in [0.5, 0.6) is 0 Å². The Hall–Kier alpha value is -3.55. The van der Waals surface area contributed by atoms with Crippen molar-refractivity contribution in [1.29, 1.82) is 0 Å². The molecule has 3 heterocycles. The molecule has 0 radical (unpaired) electrons. The number of hydrogen-bond acceptors (Lipinski definition) is 6. The molecule has 1 aliphatic carbocycles.